The van der Waals surface area contributed by atoms with Gasteiger partial charge in [0.1, 0.15) is 0 Å². The highest BCUT2D eigenvalue weighted by Gasteiger charge is 2.29. The average molecular weight is 265 g/mol. The maximum atomic E-state index is 9.57. The lowest BCUT2D eigenvalue weighted by atomic mass is 9.87. The summed E-state index contributed by atoms with van der Waals surface area (Å²) in [5.41, 5.74) is 1.57. The van der Waals surface area contributed by atoms with Crippen molar-refractivity contribution in [3.05, 3.63) is 35.9 Å². The Kier molecular flexibility index (Phi) is 4.71. The van der Waals surface area contributed by atoms with E-state index in [2.05, 4.69) is 31.3 Å². The van der Waals surface area contributed by atoms with Crippen LogP contribution in [0.4, 0.5) is 0 Å². The Balaban J connectivity index is 1.98. The molecule has 2 N–H and O–H groups in total. The zero-order valence-electron chi connectivity index (χ0n) is 11.2. The Morgan fingerprint density at radius 3 is 2.72 bits per heavy atom. The monoisotopic (exact) mass is 265 g/mol. The van der Waals surface area contributed by atoms with Crippen molar-refractivity contribution in [2.45, 2.75) is 32.4 Å². The van der Waals surface area contributed by atoms with E-state index in [-0.39, 0.29) is 12.6 Å². The topological polar surface area (TPSA) is 32.3 Å². The number of hydrogen-bond donors (Lipinski definition) is 2. The Labute approximate surface area is 114 Å². The molecule has 0 saturated carbocycles. The van der Waals surface area contributed by atoms with Gasteiger partial charge in [-0.2, -0.15) is 11.8 Å². The first-order valence-corrected chi connectivity index (χ1v) is 7.76. The van der Waals surface area contributed by atoms with Gasteiger partial charge in [-0.25, -0.2) is 0 Å². The minimum absolute atomic E-state index is 0.0608. The van der Waals surface area contributed by atoms with Crippen molar-refractivity contribution in [2.75, 3.05) is 18.1 Å². The molecule has 2 rings (SSSR count). The quantitative estimate of drug-likeness (QED) is 0.878. The lowest BCUT2D eigenvalue weighted by Gasteiger charge is -2.37. The molecular formula is C15H23NOS. The second-order valence-electron chi connectivity index (χ2n) is 5.89. The number of nitrogens with one attached hydrogen (secondary N) is 1. The summed E-state index contributed by atoms with van der Waals surface area (Å²) in [6.45, 7) is 4.81. The molecule has 1 aliphatic heterocycles. The van der Waals surface area contributed by atoms with Crippen LogP contribution >= 0.6 is 11.8 Å². The molecule has 2 atom stereocenters. The van der Waals surface area contributed by atoms with Crippen molar-refractivity contribution < 1.29 is 5.11 Å². The third kappa shape index (κ3) is 3.74. The molecule has 0 aromatic heterocycles. The first-order chi connectivity index (χ1) is 8.61. The highest BCUT2D eigenvalue weighted by Crippen LogP contribution is 2.34. The van der Waals surface area contributed by atoms with E-state index in [1.54, 1.807) is 0 Å². The van der Waals surface area contributed by atoms with Gasteiger partial charge in [-0.1, -0.05) is 44.2 Å². The summed E-state index contributed by atoms with van der Waals surface area (Å²) in [5.74, 6) is 2.38. The van der Waals surface area contributed by atoms with E-state index in [4.69, 9.17) is 0 Å². The van der Waals surface area contributed by atoms with E-state index in [9.17, 15) is 5.11 Å². The smallest absolute Gasteiger partial charge is 0.0626 e. The Morgan fingerprint density at radius 1 is 1.39 bits per heavy atom. The molecule has 2 unspecified atom stereocenters. The highest BCUT2D eigenvalue weighted by atomic mass is 32.2. The van der Waals surface area contributed by atoms with E-state index < -0.39 is 0 Å². The first-order valence-electron chi connectivity index (χ1n) is 6.60. The van der Waals surface area contributed by atoms with Crippen LogP contribution in [0.25, 0.3) is 0 Å². The molecule has 1 fully saturated rings. The van der Waals surface area contributed by atoms with Gasteiger partial charge in [0.15, 0.2) is 0 Å². The van der Waals surface area contributed by atoms with Gasteiger partial charge in [0.05, 0.1) is 12.6 Å². The third-order valence-electron chi connectivity index (χ3n) is 3.43. The van der Waals surface area contributed by atoms with E-state index in [0.29, 0.717) is 11.5 Å². The van der Waals surface area contributed by atoms with Gasteiger partial charge in [0.25, 0.3) is 0 Å². The van der Waals surface area contributed by atoms with Crippen molar-refractivity contribution in [1.29, 1.82) is 0 Å². The molecule has 0 amide bonds. The molecule has 1 heterocycles. The van der Waals surface area contributed by atoms with Gasteiger partial charge in [0.2, 0.25) is 0 Å². The molecule has 100 valence electrons. The molecule has 3 heteroatoms. The standard InChI is InChI=1S/C15H23NOS/c1-15(2)8-13(10-18-11-15)16-14(9-17)12-6-4-3-5-7-12/h3-7,13-14,16-17H,8-11H2,1-2H3. The molecule has 1 saturated heterocycles. The first kappa shape index (κ1) is 13.9. The fourth-order valence-corrected chi connectivity index (χ4v) is 3.88. The van der Waals surface area contributed by atoms with Crippen LogP contribution in [0.15, 0.2) is 30.3 Å². The van der Waals surface area contributed by atoms with Gasteiger partial charge >= 0.3 is 0 Å². The Morgan fingerprint density at radius 2 is 2.11 bits per heavy atom. The summed E-state index contributed by atoms with van der Waals surface area (Å²) in [4.78, 5) is 0. The van der Waals surface area contributed by atoms with E-state index >= 15 is 0 Å². The summed E-state index contributed by atoms with van der Waals surface area (Å²) in [6.07, 6.45) is 1.18. The van der Waals surface area contributed by atoms with Crippen LogP contribution in [0.2, 0.25) is 0 Å². The van der Waals surface area contributed by atoms with Gasteiger partial charge in [-0.15, -0.1) is 0 Å². The van der Waals surface area contributed by atoms with Crippen molar-refractivity contribution in [2.24, 2.45) is 5.41 Å². The number of hydrogen-bond acceptors (Lipinski definition) is 3. The maximum absolute atomic E-state index is 9.57. The minimum Gasteiger partial charge on any atom is -0.394 e. The second-order valence-corrected chi connectivity index (χ2v) is 6.92. The van der Waals surface area contributed by atoms with Crippen LogP contribution in [0.5, 0.6) is 0 Å². The van der Waals surface area contributed by atoms with Crippen molar-refractivity contribution in [3.8, 4) is 0 Å². The molecule has 0 aliphatic carbocycles. The summed E-state index contributed by atoms with van der Waals surface area (Å²) in [6, 6.07) is 10.8. The zero-order valence-corrected chi connectivity index (χ0v) is 12.0. The fourth-order valence-electron chi connectivity index (χ4n) is 2.59. The Hall–Kier alpha value is -0.510. The molecule has 0 bridgehead atoms. The maximum Gasteiger partial charge on any atom is 0.0626 e. The predicted octanol–water partition coefficient (Wildman–Crippen LogP) is 2.84. The second kappa shape index (κ2) is 6.09. The van der Waals surface area contributed by atoms with Crippen molar-refractivity contribution in [3.63, 3.8) is 0 Å². The van der Waals surface area contributed by atoms with E-state index in [1.807, 2.05) is 30.0 Å². The van der Waals surface area contributed by atoms with Crippen LogP contribution in [-0.4, -0.2) is 29.3 Å². The highest BCUT2D eigenvalue weighted by molar-refractivity contribution is 7.99. The van der Waals surface area contributed by atoms with Crippen LogP contribution in [0, 0.1) is 5.41 Å². The molecule has 1 aromatic rings. The average Bonchev–Trinajstić information content (AvgIpc) is 2.36. The van der Waals surface area contributed by atoms with E-state index in [0.717, 1.165) is 5.75 Å². The van der Waals surface area contributed by atoms with Gasteiger partial charge < -0.3 is 10.4 Å². The van der Waals surface area contributed by atoms with Gasteiger partial charge in [-0.05, 0) is 23.2 Å². The minimum atomic E-state index is 0.0608. The molecule has 1 aromatic carbocycles. The molecule has 1 aliphatic rings. The lowest BCUT2D eigenvalue weighted by molar-refractivity contribution is 0.218. The Bertz CT molecular complexity index is 366. The zero-order chi connectivity index (χ0) is 13.0. The number of aliphatic hydroxyl groups is 1. The van der Waals surface area contributed by atoms with Crippen molar-refractivity contribution >= 4 is 11.8 Å². The van der Waals surface area contributed by atoms with Crippen LogP contribution in [0.1, 0.15) is 31.9 Å². The molecular weight excluding hydrogens is 242 g/mol. The number of aliphatic hydroxyl groups excluding tert-OH is 1. The summed E-state index contributed by atoms with van der Waals surface area (Å²) in [7, 11) is 0. The van der Waals surface area contributed by atoms with Crippen LogP contribution < -0.4 is 5.32 Å². The number of rotatable bonds is 4. The normalized spacial score (nSPS) is 24.7. The largest absolute Gasteiger partial charge is 0.394 e. The van der Waals surface area contributed by atoms with E-state index in [1.165, 1.54) is 17.7 Å². The third-order valence-corrected chi connectivity index (χ3v) is 5.06. The summed E-state index contributed by atoms with van der Waals surface area (Å²) >= 11 is 2.01. The van der Waals surface area contributed by atoms with Gasteiger partial charge in [0, 0.05) is 11.8 Å². The van der Waals surface area contributed by atoms with Gasteiger partial charge in [-0.3, -0.25) is 0 Å². The summed E-state index contributed by atoms with van der Waals surface area (Å²) in [5, 5.41) is 13.2. The van der Waals surface area contributed by atoms with Crippen LogP contribution in [-0.2, 0) is 0 Å². The predicted molar refractivity (Wildman–Crippen MR) is 78.9 cm³/mol. The number of thioether (sulfide) groups is 1. The molecule has 0 radical (unpaired) electrons. The lowest BCUT2D eigenvalue weighted by Crippen LogP contribution is -2.43. The molecule has 18 heavy (non-hydrogen) atoms. The van der Waals surface area contributed by atoms with Crippen LogP contribution in [0.3, 0.4) is 0 Å². The number of benzene rings is 1. The summed E-state index contributed by atoms with van der Waals surface area (Å²) < 4.78 is 0. The molecule has 2 nitrogen and oxygen atoms in total. The molecule has 0 spiro atoms. The SMILES string of the molecule is CC1(C)CSCC(NC(CO)c2ccccc2)C1. The van der Waals surface area contributed by atoms with Crippen molar-refractivity contribution in [1.82, 2.24) is 5.32 Å². The fraction of sp³-hybridized carbons (Fsp3) is 0.600.